The number of nitro groups is 1. The Hall–Kier alpha value is -3.42. The molecular formula is C17H16N2O6. The minimum atomic E-state index is -1.24. The predicted octanol–water partition coefficient (Wildman–Crippen LogP) is 3.14. The van der Waals surface area contributed by atoms with Gasteiger partial charge in [-0.3, -0.25) is 14.9 Å². The van der Waals surface area contributed by atoms with Gasteiger partial charge in [-0.1, -0.05) is 12.1 Å². The Morgan fingerprint density at radius 3 is 2.44 bits per heavy atom. The molecule has 0 saturated carbocycles. The summed E-state index contributed by atoms with van der Waals surface area (Å²) in [6, 6.07) is 10.4. The highest BCUT2D eigenvalue weighted by molar-refractivity contribution is 5.90. The number of aromatic carboxylic acids is 1. The average Bonchev–Trinajstić information content (AvgIpc) is 2.56. The van der Waals surface area contributed by atoms with Crippen LogP contribution in [0.1, 0.15) is 22.8 Å². The predicted molar refractivity (Wildman–Crippen MR) is 90.1 cm³/mol. The number of ether oxygens (including phenoxy) is 1. The zero-order valence-corrected chi connectivity index (χ0v) is 13.4. The van der Waals surface area contributed by atoms with Gasteiger partial charge in [0.1, 0.15) is 5.69 Å². The van der Waals surface area contributed by atoms with Crippen molar-refractivity contribution in [3.05, 3.63) is 63.7 Å². The number of hydrogen-bond donors (Lipinski definition) is 2. The molecule has 0 amide bonds. The van der Waals surface area contributed by atoms with E-state index in [1.807, 2.05) is 0 Å². The summed E-state index contributed by atoms with van der Waals surface area (Å²) in [7, 11) is 0. The number of carbonyl (C=O) groups excluding carboxylic acids is 1. The Bertz CT molecular complexity index is 801. The molecule has 0 heterocycles. The molecule has 2 aromatic carbocycles. The molecule has 0 unspecified atom stereocenters. The van der Waals surface area contributed by atoms with E-state index >= 15 is 0 Å². The van der Waals surface area contributed by atoms with E-state index in [1.165, 1.54) is 12.1 Å². The van der Waals surface area contributed by atoms with E-state index in [0.717, 1.165) is 11.6 Å². The number of rotatable bonds is 7. The molecule has 0 aromatic heterocycles. The van der Waals surface area contributed by atoms with Crippen molar-refractivity contribution in [1.29, 1.82) is 0 Å². The lowest BCUT2D eigenvalue weighted by molar-refractivity contribution is -0.383. The van der Waals surface area contributed by atoms with Crippen LogP contribution < -0.4 is 5.32 Å². The fourth-order valence-corrected chi connectivity index (χ4v) is 2.16. The first-order valence-corrected chi connectivity index (χ1v) is 7.44. The van der Waals surface area contributed by atoms with Crippen LogP contribution in [0.3, 0.4) is 0 Å². The van der Waals surface area contributed by atoms with E-state index in [4.69, 9.17) is 9.84 Å². The monoisotopic (exact) mass is 344 g/mol. The van der Waals surface area contributed by atoms with E-state index in [2.05, 4.69) is 5.32 Å². The number of benzene rings is 2. The maximum atomic E-state index is 11.4. The van der Waals surface area contributed by atoms with Crippen LogP contribution >= 0.6 is 0 Å². The summed E-state index contributed by atoms with van der Waals surface area (Å²) < 4.78 is 4.87. The molecule has 0 aliphatic heterocycles. The molecule has 8 heteroatoms. The van der Waals surface area contributed by atoms with Gasteiger partial charge in [-0.2, -0.15) is 0 Å². The van der Waals surface area contributed by atoms with Gasteiger partial charge in [-0.05, 0) is 36.8 Å². The number of carboxylic acids is 1. The first kappa shape index (κ1) is 17.9. The molecule has 0 fully saturated rings. The molecule has 130 valence electrons. The topological polar surface area (TPSA) is 119 Å². The van der Waals surface area contributed by atoms with E-state index < -0.39 is 10.9 Å². The average molecular weight is 344 g/mol. The van der Waals surface area contributed by atoms with Crippen molar-refractivity contribution in [1.82, 2.24) is 0 Å². The van der Waals surface area contributed by atoms with Crippen molar-refractivity contribution in [2.45, 2.75) is 13.3 Å². The van der Waals surface area contributed by atoms with Gasteiger partial charge in [0.2, 0.25) is 0 Å². The molecule has 2 aromatic rings. The lowest BCUT2D eigenvalue weighted by Crippen LogP contribution is -2.07. The first-order chi connectivity index (χ1) is 11.9. The molecule has 0 spiro atoms. The van der Waals surface area contributed by atoms with Gasteiger partial charge < -0.3 is 15.2 Å². The third kappa shape index (κ3) is 4.77. The second-order valence-corrected chi connectivity index (χ2v) is 5.10. The Kier molecular flexibility index (Phi) is 5.67. The van der Waals surface area contributed by atoms with Crippen molar-refractivity contribution in [3.8, 4) is 0 Å². The van der Waals surface area contributed by atoms with Gasteiger partial charge in [0.15, 0.2) is 0 Å². The maximum absolute atomic E-state index is 11.4. The van der Waals surface area contributed by atoms with Gasteiger partial charge in [0.05, 0.1) is 23.5 Å². The SMILES string of the molecule is CCOC(=O)Cc1ccc(Nc2ccc(C(=O)O)cc2[N+](=O)[O-])cc1. The minimum absolute atomic E-state index is 0.140. The summed E-state index contributed by atoms with van der Waals surface area (Å²) in [5.74, 6) is -1.57. The van der Waals surface area contributed by atoms with Crippen LogP contribution in [-0.4, -0.2) is 28.6 Å². The van der Waals surface area contributed by atoms with Crippen LogP contribution in [0.4, 0.5) is 17.1 Å². The molecule has 2 N–H and O–H groups in total. The molecule has 25 heavy (non-hydrogen) atoms. The highest BCUT2D eigenvalue weighted by Gasteiger charge is 2.17. The summed E-state index contributed by atoms with van der Waals surface area (Å²) in [5, 5.41) is 23.0. The van der Waals surface area contributed by atoms with Crippen LogP contribution in [0.15, 0.2) is 42.5 Å². The lowest BCUT2D eigenvalue weighted by atomic mass is 10.1. The highest BCUT2D eigenvalue weighted by atomic mass is 16.6. The van der Waals surface area contributed by atoms with Crippen molar-refractivity contribution in [2.75, 3.05) is 11.9 Å². The van der Waals surface area contributed by atoms with Crippen LogP contribution in [0.2, 0.25) is 0 Å². The third-order valence-electron chi connectivity index (χ3n) is 3.33. The van der Waals surface area contributed by atoms with Crippen molar-refractivity contribution in [3.63, 3.8) is 0 Å². The molecular weight excluding hydrogens is 328 g/mol. The second kappa shape index (κ2) is 7.91. The maximum Gasteiger partial charge on any atom is 0.335 e. The van der Waals surface area contributed by atoms with E-state index in [-0.39, 0.29) is 29.3 Å². The van der Waals surface area contributed by atoms with Crippen molar-refractivity contribution in [2.24, 2.45) is 0 Å². The van der Waals surface area contributed by atoms with Crippen molar-refractivity contribution >= 4 is 29.0 Å². The van der Waals surface area contributed by atoms with Crippen molar-refractivity contribution < 1.29 is 24.4 Å². The van der Waals surface area contributed by atoms with Crippen LogP contribution in [0.5, 0.6) is 0 Å². The largest absolute Gasteiger partial charge is 0.478 e. The molecule has 0 aliphatic carbocycles. The Labute approximate surface area is 143 Å². The first-order valence-electron chi connectivity index (χ1n) is 7.44. The van der Waals surface area contributed by atoms with E-state index in [9.17, 15) is 19.7 Å². The molecule has 2 rings (SSSR count). The van der Waals surface area contributed by atoms with Crippen LogP contribution in [0, 0.1) is 10.1 Å². The van der Waals surface area contributed by atoms with E-state index in [0.29, 0.717) is 12.3 Å². The smallest absolute Gasteiger partial charge is 0.335 e. The van der Waals surface area contributed by atoms with Gasteiger partial charge in [0, 0.05) is 11.8 Å². The van der Waals surface area contributed by atoms with E-state index in [1.54, 1.807) is 31.2 Å². The van der Waals surface area contributed by atoms with Crippen LogP contribution in [-0.2, 0) is 16.0 Å². The van der Waals surface area contributed by atoms with Gasteiger partial charge >= 0.3 is 11.9 Å². The quantitative estimate of drug-likeness (QED) is 0.450. The number of esters is 1. The lowest BCUT2D eigenvalue weighted by Gasteiger charge is -2.09. The normalized spacial score (nSPS) is 10.1. The zero-order valence-electron chi connectivity index (χ0n) is 13.4. The summed E-state index contributed by atoms with van der Waals surface area (Å²) in [6.45, 7) is 2.04. The summed E-state index contributed by atoms with van der Waals surface area (Å²) in [4.78, 5) is 32.9. The number of carbonyl (C=O) groups is 2. The second-order valence-electron chi connectivity index (χ2n) is 5.10. The molecule has 8 nitrogen and oxygen atoms in total. The summed E-state index contributed by atoms with van der Waals surface area (Å²) >= 11 is 0. The number of carboxylic acid groups (broad SMARTS) is 1. The molecule has 0 radical (unpaired) electrons. The molecule has 0 saturated heterocycles. The third-order valence-corrected chi connectivity index (χ3v) is 3.33. The standard InChI is InChI=1S/C17H16N2O6/c1-2-25-16(20)9-11-3-6-13(7-4-11)18-14-8-5-12(17(21)22)10-15(14)19(23)24/h3-8,10,18H,2,9H2,1H3,(H,21,22). The number of anilines is 2. The fraction of sp³-hybridized carbons (Fsp3) is 0.176. The zero-order chi connectivity index (χ0) is 18.4. The summed E-state index contributed by atoms with van der Waals surface area (Å²) in [5.41, 5.74) is 0.990. The Morgan fingerprint density at radius 2 is 1.88 bits per heavy atom. The van der Waals surface area contributed by atoms with Gasteiger partial charge in [-0.25, -0.2) is 4.79 Å². The number of nitrogens with one attached hydrogen (secondary N) is 1. The highest BCUT2D eigenvalue weighted by Crippen LogP contribution is 2.29. The van der Waals surface area contributed by atoms with Gasteiger partial charge in [-0.15, -0.1) is 0 Å². The van der Waals surface area contributed by atoms with Gasteiger partial charge in [0.25, 0.3) is 5.69 Å². The number of nitrogens with zero attached hydrogens (tertiary/aromatic N) is 1. The summed E-state index contributed by atoms with van der Waals surface area (Å²) in [6.07, 6.45) is 0.140. The number of hydrogen-bond acceptors (Lipinski definition) is 6. The van der Waals surface area contributed by atoms with Crippen LogP contribution in [0.25, 0.3) is 0 Å². The number of nitro benzene ring substituents is 1. The Balaban J connectivity index is 2.18. The molecule has 0 bridgehead atoms. The molecule has 0 atom stereocenters. The minimum Gasteiger partial charge on any atom is -0.478 e. The molecule has 0 aliphatic rings. The Morgan fingerprint density at radius 1 is 1.20 bits per heavy atom. The fourth-order valence-electron chi connectivity index (χ4n) is 2.16.